The fraction of sp³-hybridized carbons (Fsp3) is 0.667. The van der Waals surface area contributed by atoms with E-state index in [-0.39, 0.29) is 5.96 Å². The average molecular weight is 227 g/mol. The second-order valence-corrected chi connectivity index (χ2v) is 3.65. The quantitative estimate of drug-likeness (QED) is 0.0931. The first-order chi connectivity index (χ1) is 8.81. The lowest BCUT2D eigenvalue weighted by atomic mass is 8.93. The molecule has 79 valence electrons. The first-order valence-electron chi connectivity index (χ1n) is 5.56. The minimum Gasteiger partial charge on any atom is -0.320 e. The molecule has 0 amide bonds. The minimum atomic E-state index is 0.139. The fourth-order valence-electron chi connectivity index (χ4n) is 1.59. The van der Waals surface area contributed by atoms with Gasteiger partial charge in [-0.1, -0.05) is 0 Å². The number of hydrazone groups is 1. The van der Waals surface area contributed by atoms with E-state index in [0.29, 0.717) is 11.4 Å². The topological polar surface area (TPSA) is 114 Å². The second kappa shape index (κ2) is 9.50. The first kappa shape index (κ1) is 15.6. The van der Waals surface area contributed by atoms with Gasteiger partial charge in [0.1, 0.15) is 0 Å². The van der Waals surface area contributed by atoms with E-state index in [2.05, 4.69) is 79.9 Å². The lowest BCUT2D eigenvalue weighted by Gasteiger charge is -2.29. The molecule has 0 aromatic rings. The van der Waals surface area contributed by atoms with Gasteiger partial charge in [0.15, 0.2) is 0 Å². The van der Waals surface area contributed by atoms with Gasteiger partial charge < -0.3 is 5.84 Å². The molecule has 0 saturated carbocycles. The van der Waals surface area contributed by atoms with Gasteiger partial charge in [-0.15, -0.1) is 16.5 Å². The molecule has 8 N–H and O–H groups in total. The van der Waals surface area contributed by atoms with Crippen LogP contribution in [0.4, 0.5) is 0 Å². The highest BCUT2D eigenvalue weighted by atomic mass is 15.4. The predicted octanol–water partition coefficient (Wildman–Crippen LogP) is -5.61. The summed E-state index contributed by atoms with van der Waals surface area (Å²) in [5, 5.41) is 3.07. The van der Waals surface area contributed by atoms with Gasteiger partial charge in [0, 0.05) is 64.0 Å². The summed E-state index contributed by atoms with van der Waals surface area (Å²) in [5.41, 5.74) is 5.34. The van der Waals surface area contributed by atoms with E-state index in [1.807, 2.05) is 0 Å². The molecule has 2 saturated heterocycles. The zero-order valence-electron chi connectivity index (χ0n) is 10.0. The van der Waals surface area contributed by atoms with Gasteiger partial charge in [0.25, 0.3) is 0 Å². The Labute approximate surface area is 115 Å². The Balaban J connectivity index is 0.000000203. The highest BCUT2D eigenvalue weighted by Gasteiger charge is 2.27. The Morgan fingerprint density at radius 3 is 1.44 bits per heavy atom. The number of hydrogen-bond donors (Lipinski definition) is 5. The Hall–Kier alpha value is -0.426. The smallest absolute Gasteiger partial charge is 0.241 e. The van der Waals surface area contributed by atoms with Crippen LogP contribution in [0.5, 0.6) is 0 Å². The molecular formula is C3H10B9N6. The zero-order valence-corrected chi connectivity index (χ0v) is 10.0. The molecule has 0 aromatic carbocycles. The normalized spacial score (nSPS) is 22.8. The molecule has 0 aromatic heterocycles. The van der Waals surface area contributed by atoms with Gasteiger partial charge >= 0.3 is 0 Å². The van der Waals surface area contributed by atoms with Crippen molar-refractivity contribution in [1.82, 2.24) is 10.9 Å². The third kappa shape index (κ3) is 5.48. The van der Waals surface area contributed by atoms with Crippen LogP contribution < -0.4 is 28.4 Å². The average Bonchev–Trinajstić information content (AvgIpc) is 2.66. The van der Waals surface area contributed by atoms with Crippen LogP contribution in [0.3, 0.4) is 0 Å². The van der Waals surface area contributed by atoms with Gasteiger partial charge in [0.2, 0.25) is 5.96 Å². The molecule has 2 atom stereocenters. The standard InChI is InChI=1S/C2H2B9.CH8N6/c3-1-2(4-8-7-3)6-10-11-9-5-1;2-5-1(6-3)7-4/h1-2H;2-4H2,(H2,5,6,7). The van der Waals surface area contributed by atoms with Crippen LogP contribution in [0.1, 0.15) is 0 Å². The van der Waals surface area contributed by atoms with Crippen LogP contribution in [-0.2, 0) is 0 Å². The van der Waals surface area contributed by atoms with Gasteiger partial charge in [-0.3, -0.25) is 10.9 Å². The molecule has 15 heteroatoms. The van der Waals surface area contributed by atoms with Crippen LogP contribution in [-0.4, -0.2) is 69.9 Å². The number of rotatable bonds is 0. The van der Waals surface area contributed by atoms with E-state index in [4.69, 9.17) is 17.5 Å². The van der Waals surface area contributed by atoms with E-state index >= 15 is 0 Å². The van der Waals surface area contributed by atoms with Crippen LogP contribution in [0.15, 0.2) is 5.10 Å². The second-order valence-electron chi connectivity index (χ2n) is 3.65. The van der Waals surface area contributed by atoms with Crippen molar-refractivity contribution in [1.29, 1.82) is 0 Å². The van der Waals surface area contributed by atoms with Crippen molar-refractivity contribution < 1.29 is 0 Å². The molecule has 2 fully saturated rings. The van der Waals surface area contributed by atoms with Gasteiger partial charge in [-0.05, 0) is 0 Å². The van der Waals surface area contributed by atoms with Crippen molar-refractivity contribution in [3.63, 3.8) is 0 Å². The summed E-state index contributed by atoms with van der Waals surface area (Å²) >= 11 is 0. The number of hydrogen-bond acceptors (Lipinski definition) is 4. The SMILES string of the molecule is NN=C(NN)NN.[B]1[B][B]C2[B][B][B][B]C2[B][B]1. The monoisotopic (exact) mass is 229 g/mol. The van der Waals surface area contributed by atoms with Crippen molar-refractivity contribution in [2.24, 2.45) is 22.6 Å². The summed E-state index contributed by atoms with van der Waals surface area (Å²) in [4.78, 5) is 0. The molecule has 2 unspecified atom stereocenters. The molecule has 0 aliphatic carbocycles. The first-order valence-corrected chi connectivity index (χ1v) is 5.56. The lowest BCUT2D eigenvalue weighted by Crippen LogP contribution is -2.45. The van der Waals surface area contributed by atoms with Gasteiger partial charge in [0.05, 0.1) is 0 Å². The third-order valence-electron chi connectivity index (χ3n) is 2.51. The summed E-state index contributed by atoms with van der Waals surface area (Å²) in [7, 11) is 19.5. The minimum absolute atomic E-state index is 0.139. The number of nitrogens with one attached hydrogen (secondary N) is 2. The van der Waals surface area contributed by atoms with E-state index in [9.17, 15) is 0 Å². The van der Waals surface area contributed by atoms with Crippen molar-refractivity contribution in [3.8, 4) is 0 Å². The maximum absolute atomic E-state index is 4.79. The third-order valence-corrected chi connectivity index (χ3v) is 2.51. The molecule has 9 radical (unpaired) electrons. The van der Waals surface area contributed by atoms with E-state index in [0.717, 1.165) is 0 Å². The molecule has 2 rings (SSSR count). The van der Waals surface area contributed by atoms with E-state index in [1.165, 1.54) is 0 Å². The molecule has 0 bridgehead atoms. The summed E-state index contributed by atoms with van der Waals surface area (Å²) in [6.07, 6.45) is 0. The maximum atomic E-state index is 4.79. The predicted molar refractivity (Wildman–Crippen MR) is 85.6 cm³/mol. The highest BCUT2D eigenvalue weighted by molar-refractivity contribution is 7.58. The Bertz CT molecular complexity index is 232. The molecule has 6 nitrogen and oxygen atoms in total. The number of guanidine groups is 1. The van der Waals surface area contributed by atoms with E-state index in [1.54, 1.807) is 0 Å². The Morgan fingerprint density at radius 1 is 0.778 bits per heavy atom. The number of nitrogens with zero attached hydrogens (tertiary/aromatic N) is 1. The summed E-state index contributed by atoms with van der Waals surface area (Å²) in [6, 6.07) is 0. The number of fused-ring (bicyclic) bond motifs is 1. The summed E-state index contributed by atoms with van der Waals surface area (Å²) in [5.74, 6) is 14.4. The maximum Gasteiger partial charge on any atom is 0.241 e. The van der Waals surface area contributed by atoms with Crippen molar-refractivity contribution in [2.75, 3.05) is 0 Å². The zero-order chi connectivity index (χ0) is 13.2. The number of hydrazine groups is 2. The van der Waals surface area contributed by atoms with Crippen LogP contribution in [0, 0.1) is 0 Å². The van der Waals surface area contributed by atoms with Crippen molar-refractivity contribution in [2.45, 2.75) is 11.4 Å². The Morgan fingerprint density at radius 2 is 1.17 bits per heavy atom. The molecular weight excluding hydrogens is 217 g/mol. The highest BCUT2D eigenvalue weighted by Crippen LogP contribution is 2.22. The molecule has 2 aliphatic rings. The largest absolute Gasteiger partial charge is 0.320 e. The van der Waals surface area contributed by atoms with Gasteiger partial charge in [-0.25, -0.2) is 11.7 Å². The van der Waals surface area contributed by atoms with Crippen LogP contribution >= 0.6 is 0 Å². The molecule has 0 spiro atoms. The number of nitrogens with two attached hydrogens (primary N) is 3. The van der Waals surface area contributed by atoms with Crippen LogP contribution in [0.2, 0.25) is 11.4 Å². The van der Waals surface area contributed by atoms with Crippen molar-refractivity contribution >= 4 is 69.9 Å². The molecule has 18 heavy (non-hydrogen) atoms. The lowest BCUT2D eigenvalue weighted by molar-refractivity contribution is 0.881. The fourth-order valence-corrected chi connectivity index (χ4v) is 1.59. The summed E-state index contributed by atoms with van der Waals surface area (Å²) in [6.45, 7) is 0. The summed E-state index contributed by atoms with van der Waals surface area (Å²) < 4.78 is 0. The van der Waals surface area contributed by atoms with Gasteiger partial charge in [-0.2, -0.15) is 0 Å². The Kier molecular flexibility index (Phi) is 8.25. The molecule has 2 heterocycles. The van der Waals surface area contributed by atoms with Crippen molar-refractivity contribution in [3.05, 3.63) is 0 Å². The van der Waals surface area contributed by atoms with E-state index < -0.39 is 0 Å². The molecule has 2 aliphatic heterocycles. The van der Waals surface area contributed by atoms with Crippen LogP contribution in [0.25, 0.3) is 0 Å².